The molecule has 0 bridgehead atoms. The second-order valence-electron chi connectivity index (χ2n) is 7.42. The van der Waals surface area contributed by atoms with E-state index in [0.717, 1.165) is 16.9 Å². The van der Waals surface area contributed by atoms with Crippen molar-refractivity contribution in [2.45, 2.75) is 19.4 Å². The molecule has 0 aliphatic carbocycles. The molecule has 4 aromatic rings. The Hall–Kier alpha value is -4.13. The van der Waals surface area contributed by atoms with Crippen molar-refractivity contribution in [1.82, 2.24) is 9.55 Å². The van der Waals surface area contributed by atoms with E-state index >= 15 is 0 Å². The number of para-hydroxylation sites is 1. The maximum atomic E-state index is 12.6. The molecule has 1 amide bonds. The number of hydrogen-bond donors (Lipinski definition) is 2. The molecule has 0 saturated heterocycles. The standard InChI is InChI=1S/C25H23N3O4/c1-32-22-12-11-19(16-18(22)15-17-7-3-2-4-8-17)26-23(29)13-14-28-21-10-6-5-9-20(21)24(30)27-25(28)31/h2-12,16H,13-15H2,1H3,(H,26,29)(H,27,30,31). The third-order valence-electron chi connectivity index (χ3n) is 5.27. The molecule has 162 valence electrons. The number of rotatable bonds is 7. The maximum absolute atomic E-state index is 12.6. The third-order valence-corrected chi connectivity index (χ3v) is 5.27. The van der Waals surface area contributed by atoms with Crippen LogP contribution in [0.5, 0.6) is 5.75 Å². The molecule has 0 unspecified atom stereocenters. The minimum Gasteiger partial charge on any atom is -0.496 e. The Bertz CT molecular complexity index is 1370. The van der Waals surface area contributed by atoms with Gasteiger partial charge < -0.3 is 10.1 Å². The number of benzene rings is 3. The number of carbonyl (C=O) groups is 1. The molecule has 2 N–H and O–H groups in total. The van der Waals surface area contributed by atoms with E-state index < -0.39 is 11.2 Å². The average Bonchev–Trinajstić information content (AvgIpc) is 2.80. The van der Waals surface area contributed by atoms with Crippen LogP contribution in [0.1, 0.15) is 17.5 Å². The fourth-order valence-corrected chi connectivity index (χ4v) is 3.71. The zero-order valence-corrected chi connectivity index (χ0v) is 17.6. The Balaban J connectivity index is 1.49. The number of ether oxygens (including phenoxy) is 1. The lowest BCUT2D eigenvalue weighted by molar-refractivity contribution is -0.116. The molecule has 32 heavy (non-hydrogen) atoms. The number of amides is 1. The van der Waals surface area contributed by atoms with Crippen molar-refractivity contribution in [1.29, 1.82) is 0 Å². The Labute approximate surface area is 184 Å². The lowest BCUT2D eigenvalue weighted by atomic mass is 10.0. The zero-order chi connectivity index (χ0) is 22.5. The Morgan fingerprint density at radius 3 is 2.53 bits per heavy atom. The molecular formula is C25H23N3O4. The van der Waals surface area contributed by atoms with Crippen molar-refractivity contribution in [2.24, 2.45) is 0 Å². The molecule has 0 fully saturated rings. The van der Waals surface area contributed by atoms with Crippen LogP contribution in [-0.4, -0.2) is 22.6 Å². The first kappa shape index (κ1) is 21.1. The number of aryl methyl sites for hydroxylation is 1. The quantitative estimate of drug-likeness (QED) is 0.471. The molecule has 4 rings (SSSR count). The summed E-state index contributed by atoms with van der Waals surface area (Å²) in [6.07, 6.45) is 0.752. The fraction of sp³-hybridized carbons (Fsp3) is 0.160. The molecular weight excluding hydrogens is 406 g/mol. The first-order valence-corrected chi connectivity index (χ1v) is 10.3. The summed E-state index contributed by atoms with van der Waals surface area (Å²) in [5.74, 6) is 0.515. The molecule has 7 heteroatoms. The topological polar surface area (TPSA) is 93.2 Å². The number of H-pyrrole nitrogens is 1. The first-order valence-electron chi connectivity index (χ1n) is 10.3. The summed E-state index contributed by atoms with van der Waals surface area (Å²) in [6.45, 7) is 0.148. The number of hydrogen-bond acceptors (Lipinski definition) is 4. The number of anilines is 1. The minimum atomic E-state index is -0.531. The lowest BCUT2D eigenvalue weighted by Gasteiger charge is -2.13. The normalized spacial score (nSPS) is 10.8. The van der Waals surface area contributed by atoms with Crippen molar-refractivity contribution >= 4 is 22.5 Å². The van der Waals surface area contributed by atoms with Crippen LogP contribution in [0.2, 0.25) is 0 Å². The van der Waals surface area contributed by atoms with Crippen molar-refractivity contribution in [3.63, 3.8) is 0 Å². The highest BCUT2D eigenvalue weighted by molar-refractivity contribution is 5.91. The highest BCUT2D eigenvalue weighted by Gasteiger charge is 2.11. The molecule has 1 aromatic heterocycles. The number of nitrogens with zero attached hydrogens (tertiary/aromatic N) is 1. The van der Waals surface area contributed by atoms with Gasteiger partial charge in [0.15, 0.2) is 0 Å². The van der Waals surface area contributed by atoms with Gasteiger partial charge in [-0.3, -0.25) is 19.1 Å². The summed E-state index contributed by atoms with van der Waals surface area (Å²) < 4.78 is 6.87. The van der Waals surface area contributed by atoms with Crippen LogP contribution in [0.15, 0.2) is 82.4 Å². The van der Waals surface area contributed by atoms with Gasteiger partial charge >= 0.3 is 5.69 Å². The third kappa shape index (κ3) is 4.62. The van der Waals surface area contributed by atoms with Gasteiger partial charge in [-0.25, -0.2) is 4.79 Å². The van der Waals surface area contributed by atoms with Crippen molar-refractivity contribution in [2.75, 3.05) is 12.4 Å². The minimum absolute atomic E-state index is 0.0794. The maximum Gasteiger partial charge on any atom is 0.328 e. The van der Waals surface area contributed by atoms with Gasteiger partial charge in [0.05, 0.1) is 18.0 Å². The van der Waals surface area contributed by atoms with E-state index in [4.69, 9.17) is 4.74 Å². The van der Waals surface area contributed by atoms with Crippen molar-refractivity contribution in [3.05, 3.63) is 105 Å². The van der Waals surface area contributed by atoms with Gasteiger partial charge in [0.2, 0.25) is 5.91 Å². The van der Waals surface area contributed by atoms with Crippen LogP contribution in [-0.2, 0) is 17.8 Å². The van der Waals surface area contributed by atoms with Gasteiger partial charge in [0, 0.05) is 30.6 Å². The second-order valence-corrected chi connectivity index (χ2v) is 7.42. The smallest absolute Gasteiger partial charge is 0.328 e. The van der Waals surface area contributed by atoms with Crippen LogP contribution in [0.3, 0.4) is 0 Å². The Kier molecular flexibility index (Phi) is 6.17. The summed E-state index contributed by atoms with van der Waals surface area (Å²) in [6, 6.07) is 22.3. The highest BCUT2D eigenvalue weighted by Crippen LogP contribution is 2.25. The molecule has 0 aliphatic rings. The summed E-state index contributed by atoms with van der Waals surface area (Å²) in [5.41, 5.74) is 2.29. The molecule has 1 heterocycles. The van der Waals surface area contributed by atoms with E-state index in [-0.39, 0.29) is 18.9 Å². The fourth-order valence-electron chi connectivity index (χ4n) is 3.71. The monoisotopic (exact) mass is 429 g/mol. The summed E-state index contributed by atoms with van der Waals surface area (Å²) in [5, 5.41) is 3.30. The summed E-state index contributed by atoms with van der Waals surface area (Å²) in [4.78, 5) is 39.2. The van der Waals surface area contributed by atoms with Crippen molar-refractivity contribution < 1.29 is 9.53 Å². The SMILES string of the molecule is COc1ccc(NC(=O)CCn2c(=O)[nH]c(=O)c3ccccc32)cc1Cc1ccccc1. The van der Waals surface area contributed by atoms with Gasteiger partial charge in [-0.1, -0.05) is 42.5 Å². The Morgan fingerprint density at radius 1 is 1.00 bits per heavy atom. The number of aromatic amines is 1. The van der Waals surface area contributed by atoms with Crippen LogP contribution in [0, 0.1) is 0 Å². The van der Waals surface area contributed by atoms with Crippen LogP contribution < -0.4 is 21.3 Å². The number of carbonyl (C=O) groups excluding carboxylic acids is 1. The molecule has 0 saturated carbocycles. The summed E-state index contributed by atoms with van der Waals surface area (Å²) in [7, 11) is 1.62. The van der Waals surface area contributed by atoms with Gasteiger partial charge in [0.25, 0.3) is 5.56 Å². The molecule has 3 aromatic carbocycles. The number of aromatic nitrogens is 2. The van der Waals surface area contributed by atoms with Gasteiger partial charge in [-0.15, -0.1) is 0 Å². The molecule has 0 spiro atoms. The zero-order valence-electron chi connectivity index (χ0n) is 17.6. The second kappa shape index (κ2) is 9.34. The van der Waals surface area contributed by atoms with Gasteiger partial charge in [0.1, 0.15) is 5.75 Å². The van der Waals surface area contributed by atoms with E-state index in [9.17, 15) is 14.4 Å². The predicted octanol–water partition coefficient (Wildman–Crippen LogP) is 3.32. The largest absolute Gasteiger partial charge is 0.496 e. The average molecular weight is 429 g/mol. The van der Waals surface area contributed by atoms with Crippen molar-refractivity contribution in [3.8, 4) is 5.75 Å². The van der Waals surface area contributed by atoms with Gasteiger partial charge in [-0.05, 0) is 35.9 Å². The highest BCUT2D eigenvalue weighted by atomic mass is 16.5. The van der Waals surface area contributed by atoms with E-state index in [1.54, 1.807) is 37.4 Å². The lowest BCUT2D eigenvalue weighted by Crippen LogP contribution is -2.31. The molecule has 7 nitrogen and oxygen atoms in total. The van der Waals surface area contributed by atoms with E-state index in [0.29, 0.717) is 23.0 Å². The molecule has 0 atom stereocenters. The van der Waals surface area contributed by atoms with Crippen LogP contribution in [0.4, 0.5) is 5.69 Å². The van der Waals surface area contributed by atoms with E-state index in [1.165, 1.54) is 4.57 Å². The van der Waals surface area contributed by atoms with Gasteiger partial charge in [-0.2, -0.15) is 0 Å². The first-order chi connectivity index (χ1) is 15.5. The molecule has 0 aliphatic heterocycles. The number of nitrogens with one attached hydrogen (secondary N) is 2. The summed E-state index contributed by atoms with van der Waals surface area (Å²) >= 11 is 0. The molecule has 0 radical (unpaired) electrons. The number of methoxy groups -OCH3 is 1. The van der Waals surface area contributed by atoms with Crippen LogP contribution in [0.25, 0.3) is 10.9 Å². The van der Waals surface area contributed by atoms with Crippen LogP contribution >= 0.6 is 0 Å². The van der Waals surface area contributed by atoms with E-state index in [2.05, 4.69) is 10.3 Å². The predicted molar refractivity (Wildman–Crippen MR) is 124 cm³/mol. The van der Waals surface area contributed by atoms with E-state index in [1.807, 2.05) is 42.5 Å². The number of fused-ring (bicyclic) bond motifs is 1. The Morgan fingerprint density at radius 2 is 1.75 bits per heavy atom.